The summed E-state index contributed by atoms with van der Waals surface area (Å²) in [6, 6.07) is 19.7. The minimum Gasteiger partial charge on any atom is -0.507 e. The summed E-state index contributed by atoms with van der Waals surface area (Å²) in [4.78, 5) is 24.4. The van der Waals surface area contributed by atoms with Gasteiger partial charge in [-0.15, -0.1) is 0 Å². The van der Waals surface area contributed by atoms with Gasteiger partial charge < -0.3 is 24.7 Å². The standard InChI is InChI=1S/C25H21NO6/c1-31-18-10-11-22-17(13-18)14-23(32-22)24(28)26-20(25(29)30)12-15-6-8-16(9-7-15)19-4-2-3-5-21(19)27/h2-11,13-14,20,27H,12H2,1H3,(H,26,28)(H,29,30)/t20-/m0/s1. The number of amides is 1. The average molecular weight is 431 g/mol. The Hall–Kier alpha value is -4.26. The lowest BCUT2D eigenvalue weighted by atomic mass is 10.00. The van der Waals surface area contributed by atoms with Crippen LogP contribution in [0.25, 0.3) is 22.1 Å². The third kappa shape index (κ3) is 4.41. The number of carboxylic acids is 1. The fourth-order valence-corrected chi connectivity index (χ4v) is 3.46. The smallest absolute Gasteiger partial charge is 0.326 e. The van der Waals surface area contributed by atoms with Gasteiger partial charge in [0.25, 0.3) is 5.91 Å². The van der Waals surface area contributed by atoms with Crippen LogP contribution >= 0.6 is 0 Å². The van der Waals surface area contributed by atoms with Gasteiger partial charge in [0.1, 0.15) is 23.1 Å². The zero-order chi connectivity index (χ0) is 22.7. The Morgan fingerprint density at radius 2 is 1.78 bits per heavy atom. The van der Waals surface area contributed by atoms with Crippen LogP contribution in [0.15, 0.2) is 77.2 Å². The van der Waals surface area contributed by atoms with Crippen molar-refractivity contribution < 1.29 is 29.0 Å². The van der Waals surface area contributed by atoms with E-state index < -0.39 is 17.9 Å². The van der Waals surface area contributed by atoms with E-state index in [1.165, 1.54) is 0 Å². The molecule has 0 aliphatic heterocycles. The lowest BCUT2D eigenvalue weighted by molar-refractivity contribution is -0.139. The summed E-state index contributed by atoms with van der Waals surface area (Å²) in [5.41, 5.74) is 2.72. The quantitative estimate of drug-likeness (QED) is 0.404. The molecule has 0 radical (unpaired) electrons. The number of para-hydroxylation sites is 1. The minimum absolute atomic E-state index is 0.0226. The lowest BCUT2D eigenvalue weighted by Crippen LogP contribution is -2.42. The Morgan fingerprint density at radius 1 is 1.03 bits per heavy atom. The summed E-state index contributed by atoms with van der Waals surface area (Å²) >= 11 is 0. The lowest BCUT2D eigenvalue weighted by Gasteiger charge is -2.14. The molecule has 162 valence electrons. The number of phenolic OH excluding ortho intramolecular Hbond substituents is 1. The molecule has 0 bridgehead atoms. The molecule has 3 aromatic carbocycles. The Kier molecular flexibility index (Phi) is 5.81. The van der Waals surface area contributed by atoms with Gasteiger partial charge >= 0.3 is 5.97 Å². The highest BCUT2D eigenvalue weighted by atomic mass is 16.5. The number of phenols is 1. The van der Waals surface area contributed by atoms with Gasteiger partial charge in [0.15, 0.2) is 5.76 Å². The average Bonchev–Trinajstić information content (AvgIpc) is 3.23. The number of fused-ring (bicyclic) bond motifs is 1. The number of rotatable bonds is 7. The summed E-state index contributed by atoms with van der Waals surface area (Å²) in [6.07, 6.45) is 0.0934. The molecule has 0 spiro atoms. The van der Waals surface area contributed by atoms with E-state index in [2.05, 4.69) is 5.32 Å². The molecule has 1 amide bonds. The van der Waals surface area contributed by atoms with Gasteiger partial charge in [-0.2, -0.15) is 0 Å². The van der Waals surface area contributed by atoms with Gasteiger partial charge in [-0.05, 0) is 41.5 Å². The van der Waals surface area contributed by atoms with E-state index in [1.54, 1.807) is 73.8 Å². The van der Waals surface area contributed by atoms with Crippen molar-refractivity contribution in [2.45, 2.75) is 12.5 Å². The molecule has 32 heavy (non-hydrogen) atoms. The summed E-state index contributed by atoms with van der Waals surface area (Å²) in [6.45, 7) is 0. The second-order valence-electron chi connectivity index (χ2n) is 7.30. The third-order valence-corrected chi connectivity index (χ3v) is 5.16. The van der Waals surface area contributed by atoms with Gasteiger partial charge in [-0.1, -0.05) is 42.5 Å². The van der Waals surface area contributed by atoms with E-state index in [-0.39, 0.29) is 17.9 Å². The van der Waals surface area contributed by atoms with E-state index in [1.807, 2.05) is 6.07 Å². The number of nitrogens with one attached hydrogen (secondary N) is 1. The maximum Gasteiger partial charge on any atom is 0.326 e. The zero-order valence-electron chi connectivity index (χ0n) is 17.2. The molecule has 0 fully saturated rings. The molecule has 4 aromatic rings. The highest BCUT2D eigenvalue weighted by Gasteiger charge is 2.23. The van der Waals surface area contributed by atoms with Crippen LogP contribution in [0.4, 0.5) is 0 Å². The van der Waals surface area contributed by atoms with Crippen molar-refractivity contribution in [3.8, 4) is 22.6 Å². The number of aromatic hydroxyl groups is 1. The summed E-state index contributed by atoms with van der Waals surface area (Å²) in [5, 5.41) is 22.8. The monoisotopic (exact) mass is 431 g/mol. The van der Waals surface area contributed by atoms with Gasteiger partial charge in [0.2, 0.25) is 0 Å². The predicted octanol–water partition coefficient (Wildman–Crippen LogP) is 4.24. The Balaban J connectivity index is 1.49. The number of ether oxygens (including phenoxy) is 1. The number of carbonyl (C=O) groups is 2. The number of carboxylic acid groups (broad SMARTS) is 1. The van der Waals surface area contributed by atoms with Crippen LogP contribution in [0.3, 0.4) is 0 Å². The summed E-state index contributed by atoms with van der Waals surface area (Å²) in [7, 11) is 1.54. The first-order valence-corrected chi connectivity index (χ1v) is 9.93. The van der Waals surface area contributed by atoms with Gasteiger partial charge in [-0.3, -0.25) is 4.79 Å². The van der Waals surface area contributed by atoms with Crippen molar-refractivity contribution in [2.24, 2.45) is 0 Å². The molecule has 7 nitrogen and oxygen atoms in total. The maximum absolute atomic E-state index is 12.6. The number of aliphatic carboxylic acids is 1. The topological polar surface area (TPSA) is 109 Å². The van der Waals surface area contributed by atoms with E-state index in [4.69, 9.17) is 9.15 Å². The Labute approximate surface area is 183 Å². The SMILES string of the molecule is COc1ccc2oc(C(=O)N[C@@H](Cc3ccc(-c4ccccc4O)cc3)C(=O)O)cc2c1. The van der Waals surface area contributed by atoms with Crippen LogP contribution in [0.1, 0.15) is 16.1 Å². The van der Waals surface area contributed by atoms with E-state index in [0.29, 0.717) is 22.3 Å². The highest BCUT2D eigenvalue weighted by molar-refractivity contribution is 5.98. The summed E-state index contributed by atoms with van der Waals surface area (Å²) < 4.78 is 10.7. The molecule has 7 heteroatoms. The largest absolute Gasteiger partial charge is 0.507 e. The number of benzene rings is 3. The first-order chi connectivity index (χ1) is 15.4. The third-order valence-electron chi connectivity index (χ3n) is 5.16. The summed E-state index contributed by atoms with van der Waals surface area (Å²) in [5.74, 6) is -0.950. The van der Waals surface area contributed by atoms with Gasteiger partial charge in [0.05, 0.1) is 7.11 Å². The minimum atomic E-state index is -1.15. The van der Waals surface area contributed by atoms with Crippen molar-refractivity contribution in [1.29, 1.82) is 0 Å². The molecule has 0 aliphatic carbocycles. The molecule has 3 N–H and O–H groups in total. The molecule has 0 saturated heterocycles. The molecule has 1 atom stereocenters. The fraction of sp³-hybridized carbons (Fsp3) is 0.120. The van der Waals surface area contributed by atoms with Crippen LogP contribution in [-0.4, -0.2) is 35.2 Å². The molecule has 1 heterocycles. The molecule has 1 aromatic heterocycles. The predicted molar refractivity (Wildman–Crippen MR) is 119 cm³/mol. The van der Waals surface area contributed by atoms with Crippen LogP contribution in [0.2, 0.25) is 0 Å². The van der Waals surface area contributed by atoms with Crippen molar-refractivity contribution in [3.05, 3.63) is 84.1 Å². The molecule has 4 rings (SSSR count). The molecular weight excluding hydrogens is 410 g/mol. The van der Waals surface area contributed by atoms with E-state index in [0.717, 1.165) is 11.1 Å². The molecule has 0 saturated carbocycles. The van der Waals surface area contributed by atoms with Crippen LogP contribution < -0.4 is 10.1 Å². The Morgan fingerprint density at radius 3 is 2.47 bits per heavy atom. The van der Waals surface area contributed by atoms with Gasteiger partial charge in [0, 0.05) is 17.4 Å². The maximum atomic E-state index is 12.6. The molecular formula is C25H21NO6. The van der Waals surface area contributed by atoms with E-state index in [9.17, 15) is 19.8 Å². The van der Waals surface area contributed by atoms with Crippen molar-refractivity contribution in [2.75, 3.05) is 7.11 Å². The van der Waals surface area contributed by atoms with Crippen LogP contribution in [0, 0.1) is 0 Å². The second-order valence-corrected chi connectivity index (χ2v) is 7.30. The van der Waals surface area contributed by atoms with Crippen LogP contribution in [0.5, 0.6) is 11.5 Å². The first-order valence-electron chi connectivity index (χ1n) is 9.93. The highest BCUT2D eigenvalue weighted by Crippen LogP contribution is 2.29. The molecule has 0 unspecified atom stereocenters. The number of carbonyl (C=O) groups excluding carboxylic acids is 1. The van der Waals surface area contributed by atoms with Crippen molar-refractivity contribution in [3.63, 3.8) is 0 Å². The van der Waals surface area contributed by atoms with Gasteiger partial charge in [-0.25, -0.2) is 4.79 Å². The van der Waals surface area contributed by atoms with E-state index >= 15 is 0 Å². The second kappa shape index (κ2) is 8.85. The molecule has 0 aliphatic rings. The normalized spacial score (nSPS) is 11.8. The fourth-order valence-electron chi connectivity index (χ4n) is 3.46. The number of methoxy groups -OCH3 is 1. The van der Waals surface area contributed by atoms with Crippen molar-refractivity contribution in [1.82, 2.24) is 5.32 Å². The number of hydrogen-bond donors (Lipinski definition) is 3. The van der Waals surface area contributed by atoms with Crippen molar-refractivity contribution >= 4 is 22.8 Å². The first kappa shape index (κ1) is 21.0. The number of hydrogen-bond acceptors (Lipinski definition) is 5. The Bertz CT molecular complexity index is 1280. The zero-order valence-corrected chi connectivity index (χ0v) is 17.2. The van der Waals surface area contributed by atoms with Crippen LogP contribution in [-0.2, 0) is 11.2 Å². The number of furan rings is 1.